The molecule has 0 atom stereocenters. The molecule has 0 N–H and O–H groups in total. The van der Waals surface area contributed by atoms with Crippen LogP contribution in [0.2, 0.25) is 58.9 Å². The Kier molecular flexibility index (Phi) is 11.1. The van der Waals surface area contributed by atoms with Gasteiger partial charge in [0.25, 0.3) is 0 Å². The van der Waals surface area contributed by atoms with Gasteiger partial charge in [0.1, 0.15) is 24.2 Å². The van der Waals surface area contributed by atoms with E-state index in [4.69, 9.17) is 6.42 Å². The zero-order valence-electron chi connectivity index (χ0n) is 35.3. The Morgan fingerprint density at radius 2 is 0.733 bits per heavy atom. The highest BCUT2D eigenvalue weighted by Crippen LogP contribution is 2.42. The van der Waals surface area contributed by atoms with E-state index in [1.165, 1.54) is 52.8 Å². The van der Waals surface area contributed by atoms with E-state index in [0.717, 1.165) is 20.2 Å². The molecule has 0 fully saturated rings. The summed E-state index contributed by atoms with van der Waals surface area (Å²) in [4.78, 5) is 26.0. The predicted octanol–water partition coefficient (Wildman–Crippen LogP) is 15.3. The van der Waals surface area contributed by atoms with Gasteiger partial charge in [-0.2, -0.15) is 0 Å². The highest BCUT2D eigenvalue weighted by Gasteiger charge is 2.33. The van der Waals surface area contributed by atoms with E-state index in [9.17, 15) is 9.59 Å². The Hall–Kier alpha value is -4.87. The van der Waals surface area contributed by atoms with Gasteiger partial charge in [-0.3, -0.25) is 9.59 Å². The zero-order chi connectivity index (χ0) is 42.7. The van der Waals surface area contributed by atoms with Crippen LogP contribution in [0.1, 0.15) is 43.0 Å². The fourth-order valence-electron chi connectivity index (χ4n) is 7.30. The topological polar surface area (TPSA) is 34.1 Å². The average Bonchev–Trinajstić information content (AvgIpc) is 4.03. The molecule has 0 saturated heterocycles. The van der Waals surface area contributed by atoms with Gasteiger partial charge in [-0.25, -0.2) is 0 Å². The Morgan fingerprint density at radius 3 is 1.07 bits per heavy atom. The van der Waals surface area contributed by atoms with Crippen molar-refractivity contribution in [2.24, 2.45) is 0 Å². The van der Waals surface area contributed by atoms with Crippen LogP contribution in [0.15, 0.2) is 94.3 Å². The lowest BCUT2D eigenvalue weighted by Crippen LogP contribution is -2.21. The third-order valence-electron chi connectivity index (χ3n) is 10.1. The van der Waals surface area contributed by atoms with Crippen molar-refractivity contribution in [1.82, 2.24) is 0 Å². The molecule has 296 valence electrons. The fraction of sp³-hybridized carbons (Fsp3) is 0.176. The van der Waals surface area contributed by atoms with Crippen LogP contribution in [0.25, 0.3) is 61.9 Å². The smallest absolute Gasteiger partial charge is 0.195 e. The molecular weight excluding hydrogens is 857 g/mol. The maximum absolute atomic E-state index is 13.0. The van der Waals surface area contributed by atoms with Crippen molar-refractivity contribution in [3.05, 3.63) is 128 Å². The molecule has 1 aliphatic rings. The normalized spacial score (nSPS) is 12.5. The second-order valence-electron chi connectivity index (χ2n) is 18.1. The summed E-state index contributed by atoms with van der Waals surface area (Å²) in [6.07, 6.45) is 5.12. The molecule has 5 aromatic carbocycles. The molecule has 4 aromatic heterocycles. The van der Waals surface area contributed by atoms with Crippen molar-refractivity contribution in [3.63, 3.8) is 0 Å². The van der Waals surface area contributed by atoms with Gasteiger partial charge < -0.3 is 0 Å². The summed E-state index contributed by atoms with van der Waals surface area (Å²) in [6.45, 7) is 20.3. The molecule has 0 bridgehead atoms. The van der Waals surface area contributed by atoms with Crippen LogP contribution in [0, 0.1) is 34.9 Å². The monoisotopic (exact) mass is 900 g/mol. The van der Waals surface area contributed by atoms with Crippen LogP contribution in [-0.2, 0) is 0 Å². The molecule has 0 unspecified atom stereocenters. The van der Waals surface area contributed by atoms with Gasteiger partial charge in [-0.15, -0.1) is 68.4 Å². The molecule has 10 rings (SSSR count). The summed E-state index contributed by atoms with van der Waals surface area (Å²) in [6, 6.07) is 24.9. The third-order valence-corrected chi connectivity index (χ3v) is 16.2. The Morgan fingerprint density at radius 1 is 0.417 bits per heavy atom. The first kappa shape index (κ1) is 41.8. The molecule has 9 aromatic rings. The van der Waals surface area contributed by atoms with Crippen LogP contribution in [0.4, 0.5) is 0 Å². The molecule has 1 aliphatic carbocycles. The lowest BCUT2D eigenvalue weighted by molar-refractivity contribution is 0.0981. The SMILES string of the molecule is C#C[Si](C)(C)C.C[Si](C)(C)C#Cc1c2ccc3sccc3c2c(C#C[Si](C)(C)C)c2ccc3sccc3c12.O=C1c2ccc3sccc3c2C(=O)c2ccc3sccc3c21. The van der Waals surface area contributed by atoms with E-state index in [1.54, 1.807) is 57.5 Å². The van der Waals surface area contributed by atoms with Gasteiger partial charge in [0.2, 0.25) is 0 Å². The van der Waals surface area contributed by atoms with Crippen molar-refractivity contribution in [2.75, 3.05) is 0 Å². The number of carbonyl (C=O) groups is 2. The Labute approximate surface area is 371 Å². The van der Waals surface area contributed by atoms with Crippen LogP contribution in [0.3, 0.4) is 0 Å². The minimum atomic E-state index is -1.54. The fourth-order valence-corrected chi connectivity index (χ4v) is 11.5. The maximum Gasteiger partial charge on any atom is 0.195 e. The van der Waals surface area contributed by atoms with Gasteiger partial charge >= 0.3 is 0 Å². The molecule has 0 radical (unpaired) electrons. The molecule has 9 heteroatoms. The Balaban J connectivity index is 0.000000154. The summed E-state index contributed by atoms with van der Waals surface area (Å²) >= 11 is 6.77. The zero-order valence-corrected chi connectivity index (χ0v) is 41.5. The lowest BCUT2D eigenvalue weighted by Gasteiger charge is -2.19. The second kappa shape index (κ2) is 15.9. The minimum absolute atomic E-state index is 0.0401. The van der Waals surface area contributed by atoms with Gasteiger partial charge in [0, 0.05) is 84.5 Å². The first-order chi connectivity index (χ1) is 28.4. The third kappa shape index (κ3) is 8.03. The number of fused-ring (bicyclic) bond motifs is 12. The number of rotatable bonds is 0. The first-order valence-electron chi connectivity index (χ1n) is 19.8. The van der Waals surface area contributed by atoms with Crippen molar-refractivity contribution < 1.29 is 9.59 Å². The highest BCUT2D eigenvalue weighted by molar-refractivity contribution is 7.18. The lowest BCUT2D eigenvalue weighted by atomic mass is 9.81. The van der Waals surface area contributed by atoms with E-state index in [2.05, 4.69) is 135 Å². The molecule has 0 saturated carbocycles. The number of benzene rings is 5. The number of ketones is 2. The molecule has 60 heavy (non-hydrogen) atoms. The maximum atomic E-state index is 13.0. The Bertz CT molecular complexity index is 3180. The number of hydrogen-bond donors (Lipinski definition) is 0. The quantitative estimate of drug-likeness (QED) is 0.0863. The van der Waals surface area contributed by atoms with Crippen LogP contribution in [0.5, 0.6) is 0 Å². The predicted molar refractivity (Wildman–Crippen MR) is 275 cm³/mol. The van der Waals surface area contributed by atoms with Crippen LogP contribution in [-0.4, -0.2) is 35.8 Å². The van der Waals surface area contributed by atoms with E-state index < -0.39 is 24.2 Å². The van der Waals surface area contributed by atoms with E-state index in [0.29, 0.717) is 22.3 Å². The molecule has 2 nitrogen and oxygen atoms in total. The van der Waals surface area contributed by atoms with Gasteiger partial charge in [0.15, 0.2) is 11.6 Å². The summed E-state index contributed by atoms with van der Waals surface area (Å²) in [7, 11) is -4.18. The van der Waals surface area contributed by atoms with E-state index >= 15 is 0 Å². The molecule has 0 amide bonds. The number of thiophene rings is 4. The molecule has 0 aliphatic heterocycles. The van der Waals surface area contributed by atoms with E-state index in [-0.39, 0.29) is 11.6 Å². The van der Waals surface area contributed by atoms with Crippen molar-refractivity contribution in [1.29, 1.82) is 0 Å². The highest BCUT2D eigenvalue weighted by atomic mass is 32.1. The molecular formula is C51H44O2S4Si3. The van der Waals surface area contributed by atoms with Gasteiger partial charge in [-0.1, -0.05) is 82.9 Å². The number of terminal acetylenes is 1. The molecule has 4 heterocycles. The number of hydrogen-bond acceptors (Lipinski definition) is 6. The summed E-state index contributed by atoms with van der Waals surface area (Å²) < 4.78 is 4.71. The van der Waals surface area contributed by atoms with E-state index in [1.807, 2.05) is 35.0 Å². The van der Waals surface area contributed by atoms with Crippen molar-refractivity contribution in [2.45, 2.75) is 58.9 Å². The minimum Gasteiger partial charge on any atom is -0.289 e. The summed E-state index contributed by atoms with van der Waals surface area (Å²) in [5.41, 5.74) is 14.6. The summed E-state index contributed by atoms with van der Waals surface area (Å²) in [5.74, 6) is 7.30. The van der Waals surface area contributed by atoms with Crippen molar-refractivity contribution in [3.8, 4) is 34.9 Å². The standard InChI is InChI=1S/C28H26S2Si2.C18H8O2S2.C5H10Si/c1-31(2,3)17-13-21-19-7-9-26-24(12-16-30-26)28(19)22(14-18-32(4,5)6)20-8-10-25-23(27(20)21)11-15-29-25;19-17-11-1-3-13-9(5-7-21-13)15(11)18(20)12-2-4-14-10(16(12)17)6-8-22-14;1-5-6(2,3)4/h7-12,15-16H,1-6H3;1-8H;1H,2-4H3. The average molecular weight is 901 g/mol. The second-order valence-corrected chi connectivity index (χ2v) is 36.2. The van der Waals surface area contributed by atoms with Gasteiger partial charge in [-0.05, 0) is 93.0 Å². The first-order valence-corrected chi connectivity index (χ1v) is 33.9. The molecule has 0 spiro atoms. The van der Waals surface area contributed by atoms with Crippen LogP contribution >= 0.6 is 45.3 Å². The largest absolute Gasteiger partial charge is 0.289 e. The van der Waals surface area contributed by atoms with Crippen molar-refractivity contribution >= 4 is 143 Å². The van der Waals surface area contributed by atoms with Crippen LogP contribution < -0.4 is 0 Å². The summed E-state index contributed by atoms with van der Waals surface area (Å²) in [5, 5.41) is 17.7. The van der Waals surface area contributed by atoms with Gasteiger partial charge in [0.05, 0.1) is 0 Å². The number of carbonyl (C=O) groups excluding carboxylic acids is 2.